The van der Waals surface area contributed by atoms with Crippen molar-refractivity contribution in [2.24, 2.45) is 5.41 Å². The minimum absolute atomic E-state index is 0.0356. The van der Waals surface area contributed by atoms with Gasteiger partial charge in [0, 0.05) is 29.8 Å². The van der Waals surface area contributed by atoms with Crippen molar-refractivity contribution in [1.29, 1.82) is 0 Å². The first-order valence-electron chi connectivity index (χ1n) is 15.9. The molecule has 5 N–H and O–H groups in total. The van der Waals surface area contributed by atoms with Crippen LogP contribution in [-0.4, -0.2) is 88.9 Å². The molecule has 4 fully saturated rings. The molecule has 0 bridgehead atoms. The van der Waals surface area contributed by atoms with Crippen molar-refractivity contribution in [3.05, 3.63) is 23.5 Å². The zero-order valence-corrected chi connectivity index (χ0v) is 25.0. The lowest BCUT2D eigenvalue weighted by Crippen LogP contribution is -2.60. The molecule has 1 amide bonds. The summed E-state index contributed by atoms with van der Waals surface area (Å²) in [7, 11) is 0. The first-order chi connectivity index (χ1) is 21.3. The van der Waals surface area contributed by atoms with E-state index in [-0.39, 0.29) is 48.9 Å². The predicted molar refractivity (Wildman–Crippen MR) is 155 cm³/mol. The molecule has 2 aromatic rings. The summed E-state index contributed by atoms with van der Waals surface area (Å²) < 4.78 is 30.0. The molecule has 2 aliphatic heterocycles. The summed E-state index contributed by atoms with van der Waals surface area (Å²) in [4.78, 5) is 25.6. The summed E-state index contributed by atoms with van der Waals surface area (Å²) in [5, 5.41) is 45.2. The summed E-state index contributed by atoms with van der Waals surface area (Å²) in [6.45, 7) is 1.85. The van der Waals surface area contributed by atoms with E-state index in [4.69, 9.17) is 23.4 Å². The fourth-order valence-corrected chi connectivity index (χ4v) is 7.52. The van der Waals surface area contributed by atoms with E-state index >= 15 is 0 Å². The Morgan fingerprint density at radius 1 is 1.05 bits per heavy atom. The number of nitrogens with one attached hydrogen (secondary N) is 1. The van der Waals surface area contributed by atoms with E-state index in [1.54, 1.807) is 13.2 Å². The van der Waals surface area contributed by atoms with Crippen molar-refractivity contribution in [2.75, 3.05) is 19.8 Å². The number of esters is 1. The average molecular weight is 618 g/mol. The zero-order chi connectivity index (χ0) is 31.0. The summed E-state index contributed by atoms with van der Waals surface area (Å²) in [6.07, 6.45) is 1.54. The van der Waals surface area contributed by atoms with Gasteiger partial charge in [0.1, 0.15) is 24.4 Å². The van der Waals surface area contributed by atoms with E-state index < -0.39 is 48.7 Å². The van der Waals surface area contributed by atoms with Crippen LogP contribution in [0, 0.1) is 5.41 Å². The van der Waals surface area contributed by atoms with E-state index in [1.165, 1.54) is 0 Å². The Hall–Kier alpha value is -2.90. The maximum atomic E-state index is 13.1. The molecule has 2 saturated carbocycles. The van der Waals surface area contributed by atoms with Gasteiger partial charge in [-0.15, -0.1) is 0 Å². The van der Waals surface area contributed by atoms with E-state index in [9.17, 15) is 30.0 Å². The maximum absolute atomic E-state index is 13.1. The minimum Gasteiger partial charge on any atom is -0.483 e. The SMILES string of the molecule is CCOC(=O)CCc1cc2c([C@H]3CNC(=O)C34CCCC4)coc2c(OC2CCCC2)c1O[C@@H]1O[C@H](CO)[C@@H](O)[C@H](O)[C@H]1O. The summed E-state index contributed by atoms with van der Waals surface area (Å²) in [5.41, 5.74) is 1.36. The normalized spacial score (nSPS) is 30.2. The predicted octanol–water partition coefficient (Wildman–Crippen LogP) is 2.20. The van der Waals surface area contributed by atoms with Gasteiger partial charge in [0.25, 0.3) is 0 Å². The molecule has 12 heteroatoms. The molecular weight excluding hydrogens is 574 g/mol. The second kappa shape index (κ2) is 12.8. The number of hydrogen-bond donors (Lipinski definition) is 5. The van der Waals surface area contributed by atoms with Gasteiger partial charge in [0.05, 0.1) is 31.0 Å². The first kappa shape index (κ1) is 31.1. The highest BCUT2D eigenvalue weighted by molar-refractivity contribution is 5.93. The molecule has 6 rings (SSSR count). The molecule has 1 spiro atoms. The van der Waals surface area contributed by atoms with Gasteiger partial charge in [-0.25, -0.2) is 0 Å². The number of carbonyl (C=O) groups is 2. The van der Waals surface area contributed by atoms with Crippen molar-refractivity contribution >= 4 is 22.8 Å². The molecule has 1 aromatic carbocycles. The number of hydrogen-bond acceptors (Lipinski definition) is 11. The molecule has 6 atom stereocenters. The van der Waals surface area contributed by atoms with Crippen LogP contribution < -0.4 is 14.8 Å². The number of fused-ring (bicyclic) bond motifs is 1. The lowest BCUT2D eigenvalue weighted by molar-refractivity contribution is -0.277. The van der Waals surface area contributed by atoms with Gasteiger partial charge in [-0.2, -0.15) is 0 Å². The number of rotatable bonds is 10. The fraction of sp³-hybridized carbons (Fsp3) is 0.688. The largest absolute Gasteiger partial charge is 0.483 e. The molecule has 12 nitrogen and oxygen atoms in total. The number of carbonyl (C=O) groups excluding carboxylic acids is 2. The van der Waals surface area contributed by atoms with Crippen LogP contribution in [0.5, 0.6) is 11.5 Å². The Kier molecular flexibility index (Phi) is 9.07. The Morgan fingerprint density at radius 2 is 1.80 bits per heavy atom. The van der Waals surface area contributed by atoms with Crippen molar-refractivity contribution in [1.82, 2.24) is 5.32 Å². The third-order valence-corrected chi connectivity index (χ3v) is 9.91. The minimum atomic E-state index is -1.65. The smallest absolute Gasteiger partial charge is 0.306 e. The zero-order valence-electron chi connectivity index (χ0n) is 25.0. The summed E-state index contributed by atoms with van der Waals surface area (Å²) in [6, 6.07) is 1.87. The highest BCUT2D eigenvalue weighted by atomic mass is 16.7. The van der Waals surface area contributed by atoms with E-state index in [1.807, 2.05) is 6.07 Å². The topological polar surface area (TPSA) is 177 Å². The Bertz CT molecular complexity index is 1340. The van der Waals surface area contributed by atoms with Crippen LogP contribution in [0.2, 0.25) is 0 Å². The second-order valence-electron chi connectivity index (χ2n) is 12.5. The summed E-state index contributed by atoms with van der Waals surface area (Å²) >= 11 is 0. The molecule has 3 heterocycles. The van der Waals surface area contributed by atoms with E-state index in [2.05, 4.69) is 5.32 Å². The third kappa shape index (κ3) is 5.55. The molecule has 1 aromatic heterocycles. The molecule has 2 aliphatic carbocycles. The Labute approximate surface area is 255 Å². The molecule has 0 radical (unpaired) electrons. The van der Waals surface area contributed by atoms with Crippen LogP contribution in [0.25, 0.3) is 11.0 Å². The van der Waals surface area contributed by atoms with Crippen molar-refractivity contribution < 1.29 is 53.4 Å². The highest BCUT2D eigenvalue weighted by Crippen LogP contribution is 2.54. The van der Waals surface area contributed by atoms with Crippen LogP contribution in [0.3, 0.4) is 0 Å². The van der Waals surface area contributed by atoms with Gasteiger partial charge >= 0.3 is 5.97 Å². The number of aliphatic hydroxyl groups excluding tert-OH is 4. The molecule has 4 aliphatic rings. The number of aryl methyl sites for hydroxylation is 1. The van der Waals surface area contributed by atoms with Gasteiger partial charge in [-0.05, 0) is 63.5 Å². The lowest BCUT2D eigenvalue weighted by Gasteiger charge is -2.40. The Balaban J connectivity index is 1.46. The second-order valence-corrected chi connectivity index (χ2v) is 12.5. The van der Waals surface area contributed by atoms with Gasteiger partial charge in [0.2, 0.25) is 17.9 Å². The fourth-order valence-electron chi connectivity index (χ4n) is 7.52. The standard InChI is InChI=1S/C32H43NO11/c1-2-40-23(35)10-9-17-13-19-20(21-14-33-31(39)32(21)11-5-6-12-32)16-41-28(19)29(42-18-7-3-4-8-18)27(17)44-30-26(38)25(37)24(36)22(15-34)43-30/h13,16,18,21-22,24-26,30,34,36-38H,2-12,14-15H2,1H3,(H,33,39)/t21-,22-,24-,25+,26-,30+/m1/s1. The summed E-state index contributed by atoms with van der Waals surface area (Å²) in [5.74, 6) is 0.0343. The van der Waals surface area contributed by atoms with E-state index in [0.29, 0.717) is 17.7 Å². The quantitative estimate of drug-likeness (QED) is 0.247. The molecule has 0 unspecified atom stereocenters. The average Bonchev–Trinajstić information content (AvgIpc) is 3.83. The number of aliphatic hydroxyl groups is 4. The molecule has 2 saturated heterocycles. The molecular formula is C32H43NO11. The van der Waals surface area contributed by atoms with Crippen molar-refractivity contribution in [3.8, 4) is 11.5 Å². The third-order valence-electron chi connectivity index (χ3n) is 9.91. The van der Waals surface area contributed by atoms with Crippen LogP contribution in [0.15, 0.2) is 16.7 Å². The number of benzene rings is 1. The van der Waals surface area contributed by atoms with Crippen LogP contribution >= 0.6 is 0 Å². The van der Waals surface area contributed by atoms with Crippen molar-refractivity contribution in [3.63, 3.8) is 0 Å². The van der Waals surface area contributed by atoms with Crippen molar-refractivity contribution in [2.45, 2.75) is 114 Å². The van der Waals surface area contributed by atoms with Crippen LogP contribution in [0.4, 0.5) is 0 Å². The monoisotopic (exact) mass is 617 g/mol. The maximum Gasteiger partial charge on any atom is 0.306 e. The first-order valence-corrected chi connectivity index (χ1v) is 15.9. The number of ether oxygens (including phenoxy) is 4. The van der Waals surface area contributed by atoms with Crippen LogP contribution in [-0.2, 0) is 25.5 Å². The van der Waals surface area contributed by atoms with Crippen LogP contribution in [0.1, 0.15) is 81.8 Å². The Morgan fingerprint density at radius 3 is 2.50 bits per heavy atom. The van der Waals surface area contributed by atoms with Gasteiger partial charge < -0.3 is 49.1 Å². The lowest BCUT2D eigenvalue weighted by atomic mass is 9.72. The van der Waals surface area contributed by atoms with Gasteiger partial charge in [-0.3, -0.25) is 9.59 Å². The number of furan rings is 1. The molecule has 44 heavy (non-hydrogen) atoms. The van der Waals surface area contributed by atoms with Gasteiger partial charge in [-0.1, -0.05) is 12.8 Å². The molecule has 242 valence electrons. The highest BCUT2D eigenvalue weighted by Gasteiger charge is 2.53. The number of amides is 1. The van der Waals surface area contributed by atoms with E-state index in [0.717, 1.165) is 62.3 Å². The van der Waals surface area contributed by atoms with Gasteiger partial charge in [0.15, 0.2) is 11.3 Å².